The van der Waals surface area contributed by atoms with Crippen molar-refractivity contribution in [3.05, 3.63) is 66.4 Å². The molecule has 2 aromatic carbocycles. The standard InChI is InChI=1S/C21H25N3OS/c1-3-9-17(2)22-16-23-21(25)24(26-19-11-5-4-6-12-19)15-14-18-10-7-8-13-20(18)24/h4-8,10-15,17,22H,3,9,16H2,1-2H3/p+1/t17?,24-/m0/s1. The first-order chi connectivity index (χ1) is 12.7. The van der Waals surface area contributed by atoms with Gasteiger partial charge in [0.05, 0.1) is 11.6 Å². The van der Waals surface area contributed by atoms with E-state index in [2.05, 4.69) is 24.5 Å². The number of rotatable bonds is 7. The second kappa shape index (κ2) is 8.54. The van der Waals surface area contributed by atoms with E-state index < -0.39 is 0 Å². The first-order valence-electron chi connectivity index (χ1n) is 9.09. The maximum absolute atomic E-state index is 13.2. The SMILES string of the molecule is CCCC(C)NCNC(=O)[N@+]1(Sc2ccccc2)C=Cc2ccccc21. The molecule has 0 saturated carbocycles. The maximum atomic E-state index is 13.2. The molecule has 2 aromatic rings. The molecule has 5 heteroatoms. The molecule has 0 aliphatic carbocycles. The van der Waals surface area contributed by atoms with Crippen molar-refractivity contribution in [1.82, 2.24) is 14.5 Å². The van der Waals surface area contributed by atoms with E-state index in [9.17, 15) is 4.79 Å². The number of quaternary nitrogens is 1. The highest BCUT2D eigenvalue weighted by Crippen LogP contribution is 2.44. The number of para-hydroxylation sites is 1. The first kappa shape index (κ1) is 18.7. The van der Waals surface area contributed by atoms with Crippen molar-refractivity contribution in [2.75, 3.05) is 6.67 Å². The molecular weight excluding hydrogens is 342 g/mol. The highest BCUT2D eigenvalue weighted by molar-refractivity contribution is 7.99. The van der Waals surface area contributed by atoms with Crippen LogP contribution in [0.25, 0.3) is 6.08 Å². The van der Waals surface area contributed by atoms with Crippen molar-refractivity contribution in [2.45, 2.75) is 37.6 Å². The Morgan fingerprint density at radius 3 is 2.62 bits per heavy atom. The number of hydrogen-bond donors (Lipinski definition) is 2. The van der Waals surface area contributed by atoms with E-state index >= 15 is 0 Å². The molecule has 0 radical (unpaired) electrons. The number of hydrogen-bond acceptors (Lipinski definition) is 3. The second-order valence-electron chi connectivity index (χ2n) is 6.49. The van der Waals surface area contributed by atoms with Gasteiger partial charge in [-0.1, -0.05) is 43.7 Å². The Bertz CT molecular complexity index is 778. The molecule has 1 aliphatic rings. The Morgan fingerprint density at radius 1 is 1.12 bits per heavy atom. The summed E-state index contributed by atoms with van der Waals surface area (Å²) in [5.41, 5.74) is 2.07. The van der Waals surface area contributed by atoms with Crippen molar-refractivity contribution in [3.8, 4) is 0 Å². The highest BCUT2D eigenvalue weighted by atomic mass is 32.2. The molecule has 1 heterocycles. The molecule has 3 rings (SSSR count). The van der Waals surface area contributed by atoms with Crippen molar-refractivity contribution in [2.24, 2.45) is 0 Å². The minimum Gasteiger partial charge on any atom is -0.297 e. The number of carbonyl (C=O) groups excluding carboxylic acids is 1. The lowest BCUT2D eigenvalue weighted by molar-refractivity contribution is 0.232. The van der Waals surface area contributed by atoms with Gasteiger partial charge in [-0.25, -0.2) is 4.79 Å². The quantitative estimate of drug-likeness (QED) is 0.404. The normalized spacial score (nSPS) is 19.2. The molecule has 4 nitrogen and oxygen atoms in total. The van der Waals surface area contributed by atoms with E-state index in [4.69, 9.17) is 0 Å². The predicted molar refractivity (Wildman–Crippen MR) is 110 cm³/mol. The summed E-state index contributed by atoms with van der Waals surface area (Å²) in [6.07, 6.45) is 6.21. The van der Waals surface area contributed by atoms with Crippen molar-refractivity contribution in [1.29, 1.82) is 0 Å². The minimum atomic E-state index is -0.0451. The van der Waals surface area contributed by atoms with Crippen LogP contribution in [0.15, 0.2) is 65.7 Å². The molecule has 136 valence electrons. The molecule has 2 amide bonds. The minimum absolute atomic E-state index is 0.0451. The smallest absolute Gasteiger partial charge is 0.297 e. The van der Waals surface area contributed by atoms with Crippen LogP contribution in [-0.2, 0) is 0 Å². The molecule has 0 fully saturated rings. The van der Waals surface area contributed by atoms with Gasteiger partial charge in [-0.05, 0) is 31.5 Å². The third-order valence-electron chi connectivity index (χ3n) is 4.46. The van der Waals surface area contributed by atoms with E-state index in [1.165, 1.54) is 11.9 Å². The summed E-state index contributed by atoms with van der Waals surface area (Å²) in [5.74, 6) is 0. The topological polar surface area (TPSA) is 41.1 Å². The van der Waals surface area contributed by atoms with E-state index in [0.717, 1.165) is 29.0 Å². The number of amides is 2. The van der Waals surface area contributed by atoms with Gasteiger partial charge in [-0.2, -0.15) is 0 Å². The van der Waals surface area contributed by atoms with Crippen LogP contribution in [0.3, 0.4) is 0 Å². The predicted octanol–water partition coefficient (Wildman–Crippen LogP) is 5.13. The molecule has 0 bridgehead atoms. The van der Waals surface area contributed by atoms with Gasteiger partial charge < -0.3 is 0 Å². The lowest BCUT2D eigenvalue weighted by Crippen LogP contribution is -2.51. The Hall–Kier alpha value is -2.08. The van der Waals surface area contributed by atoms with E-state index in [1.54, 1.807) is 0 Å². The molecule has 0 saturated heterocycles. The lowest BCUT2D eigenvalue weighted by Gasteiger charge is -2.27. The molecule has 0 spiro atoms. The highest BCUT2D eigenvalue weighted by Gasteiger charge is 2.44. The fraction of sp³-hybridized carbons (Fsp3) is 0.286. The zero-order chi connectivity index (χ0) is 18.4. The van der Waals surface area contributed by atoms with Gasteiger partial charge >= 0.3 is 6.03 Å². The third-order valence-corrected chi connectivity index (χ3v) is 5.72. The number of nitrogens with zero attached hydrogens (tertiary/aromatic N) is 1. The van der Waals surface area contributed by atoms with Crippen molar-refractivity contribution >= 4 is 29.7 Å². The zero-order valence-corrected chi connectivity index (χ0v) is 16.1. The number of nitrogens with one attached hydrogen (secondary N) is 2. The summed E-state index contributed by atoms with van der Waals surface area (Å²) in [6.45, 7) is 4.77. The van der Waals surface area contributed by atoms with Crippen LogP contribution >= 0.6 is 11.9 Å². The average Bonchev–Trinajstić information content (AvgIpc) is 3.03. The molecule has 26 heavy (non-hydrogen) atoms. The van der Waals surface area contributed by atoms with Crippen LogP contribution in [0.1, 0.15) is 32.3 Å². The zero-order valence-electron chi connectivity index (χ0n) is 15.3. The monoisotopic (exact) mass is 368 g/mol. The summed E-state index contributed by atoms with van der Waals surface area (Å²) < 4.78 is 0.0873. The van der Waals surface area contributed by atoms with Gasteiger partial charge in [0.1, 0.15) is 18.1 Å². The average molecular weight is 369 g/mol. The molecule has 2 atom stereocenters. The van der Waals surface area contributed by atoms with E-state index in [0.29, 0.717) is 12.7 Å². The fourth-order valence-electron chi connectivity index (χ4n) is 3.10. The van der Waals surface area contributed by atoms with Gasteiger partial charge in [0.15, 0.2) is 5.69 Å². The van der Waals surface area contributed by atoms with Crippen LogP contribution < -0.4 is 14.5 Å². The summed E-state index contributed by atoms with van der Waals surface area (Å²) in [7, 11) is 0. The van der Waals surface area contributed by atoms with Gasteiger partial charge in [-0.15, -0.1) is 3.89 Å². The van der Waals surface area contributed by atoms with Gasteiger partial charge in [-0.3, -0.25) is 10.6 Å². The van der Waals surface area contributed by atoms with E-state index in [-0.39, 0.29) is 9.92 Å². The van der Waals surface area contributed by atoms with Gasteiger partial charge in [0.25, 0.3) is 0 Å². The van der Waals surface area contributed by atoms with Crippen LogP contribution in [-0.4, -0.2) is 18.7 Å². The molecule has 1 unspecified atom stereocenters. The van der Waals surface area contributed by atoms with Crippen molar-refractivity contribution in [3.63, 3.8) is 0 Å². The summed E-state index contributed by atoms with van der Waals surface area (Å²) in [4.78, 5) is 14.3. The Kier molecular flexibility index (Phi) is 6.14. The number of benzene rings is 2. The number of carbonyl (C=O) groups is 1. The number of urea groups is 1. The van der Waals surface area contributed by atoms with Gasteiger partial charge in [0, 0.05) is 23.7 Å². The van der Waals surface area contributed by atoms with Gasteiger partial charge in [0.2, 0.25) is 0 Å². The first-order valence-corrected chi connectivity index (χ1v) is 9.87. The van der Waals surface area contributed by atoms with Crippen molar-refractivity contribution < 1.29 is 4.79 Å². The van der Waals surface area contributed by atoms with E-state index in [1.807, 2.05) is 66.9 Å². The van der Waals surface area contributed by atoms with Crippen LogP contribution in [0.5, 0.6) is 0 Å². The molecule has 1 aliphatic heterocycles. The third kappa shape index (κ3) is 4.01. The Morgan fingerprint density at radius 2 is 1.85 bits per heavy atom. The fourth-order valence-corrected chi connectivity index (χ4v) is 4.24. The van der Waals surface area contributed by atoms with Crippen LogP contribution in [0.2, 0.25) is 0 Å². The number of fused-ring (bicyclic) bond motifs is 1. The molecule has 0 aromatic heterocycles. The van der Waals surface area contributed by atoms with Crippen LogP contribution in [0, 0.1) is 0 Å². The molecular formula is C21H26N3OS+. The summed E-state index contributed by atoms with van der Waals surface area (Å²) in [5, 5.41) is 6.43. The lowest BCUT2D eigenvalue weighted by atomic mass is 10.2. The van der Waals surface area contributed by atoms with Crippen LogP contribution in [0.4, 0.5) is 10.5 Å². The summed E-state index contributed by atoms with van der Waals surface area (Å²) >= 11 is 1.53. The Labute approximate surface area is 160 Å². The Balaban J connectivity index is 1.81. The maximum Gasteiger partial charge on any atom is 0.439 e. The largest absolute Gasteiger partial charge is 0.439 e. The second-order valence-corrected chi connectivity index (χ2v) is 7.72. The summed E-state index contributed by atoms with van der Waals surface area (Å²) in [6, 6.07) is 18.5. The molecule has 2 N–H and O–H groups in total.